The highest BCUT2D eigenvalue weighted by atomic mass is 16.5. The highest BCUT2D eigenvalue weighted by molar-refractivity contribution is 5.84. The van der Waals surface area contributed by atoms with E-state index < -0.39 is 0 Å². The van der Waals surface area contributed by atoms with E-state index in [1.54, 1.807) is 30.7 Å². The minimum Gasteiger partial charge on any atom is -0.494 e. The summed E-state index contributed by atoms with van der Waals surface area (Å²) in [4.78, 5) is 15.6. The second-order valence-corrected chi connectivity index (χ2v) is 4.38. The molecule has 2 rings (SSSR count). The van der Waals surface area contributed by atoms with Crippen LogP contribution in [0.1, 0.15) is 12.5 Å². The summed E-state index contributed by atoms with van der Waals surface area (Å²) in [5.74, 6) is 0.582. The van der Waals surface area contributed by atoms with E-state index in [4.69, 9.17) is 4.74 Å². The van der Waals surface area contributed by atoms with Crippen molar-refractivity contribution in [1.29, 1.82) is 0 Å². The molecule has 0 saturated heterocycles. The first-order valence-electron chi connectivity index (χ1n) is 6.96. The van der Waals surface area contributed by atoms with Gasteiger partial charge in [-0.25, -0.2) is 5.43 Å². The van der Waals surface area contributed by atoms with Gasteiger partial charge in [-0.2, -0.15) is 5.10 Å². The van der Waals surface area contributed by atoms with Crippen LogP contribution >= 0.6 is 0 Å². The highest BCUT2D eigenvalue weighted by Gasteiger charge is 2.00. The van der Waals surface area contributed by atoms with Gasteiger partial charge in [0.15, 0.2) is 0 Å². The van der Waals surface area contributed by atoms with Crippen molar-refractivity contribution in [2.45, 2.75) is 6.92 Å². The molecule has 0 atom stereocenters. The highest BCUT2D eigenvalue weighted by Crippen LogP contribution is 2.15. The Bertz CT molecular complexity index is 612. The zero-order valence-electron chi connectivity index (χ0n) is 12.3. The molecule has 22 heavy (non-hydrogen) atoms. The van der Waals surface area contributed by atoms with Crippen molar-refractivity contribution in [2.24, 2.45) is 5.10 Å². The number of hydrogen-bond acceptors (Lipinski definition) is 5. The molecule has 1 heterocycles. The van der Waals surface area contributed by atoms with Crippen molar-refractivity contribution in [3.8, 4) is 5.75 Å². The second-order valence-electron chi connectivity index (χ2n) is 4.38. The maximum absolute atomic E-state index is 11.7. The number of rotatable bonds is 7. The van der Waals surface area contributed by atoms with Crippen molar-refractivity contribution >= 4 is 17.8 Å². The van der Waals surface area contributed by atoms with Gasteiger partial charge in [0, 0.05) is 18.1 Å². The van der Waals surface area contributed by atoms with Crippen LogP contribution < -0.4 is 15.5 Å². The standard InChI is InChI=1S/C16H18N4O2/c1-2-22-15-5-3-14(4-6-15)18-12-16(21)20-19-11-13-7-9-17-10-8-13/h3-11,18H,2,12H2,1H3,(H,20,21). The van der Waals surface area contributed by atoms with Crippen LogP contribution in [0.25, 0.3) is 0 Å². The minimum absolute atomic E-state index is 0.141. The molecule has 0 radical (unpaired) electrons. The Morgan fingerprint density at radius 2 is 1.95 bits per heavy atom. The van der Waals surface area contributed by atoms with Crippen LogP contribution in [0.4, 0.5) is 5.69 Å². The predicted molar refractivity (Wildman–Crippen MR) is 86.1 cm³/mol. The van der Waals surface area contributed by atoms with Crippen molar-refractivity contribution in [2.75, 3.05) is 18.5 Å². The monoisotopic (exact) mass is 298 g/mol. The average molecular weight is 298 g/mol. The number of nitrogens with one attached hydrogen (secondary N) is 2. The Kier molecular flexibility index (Phi) is 5.92. The molecule has 1 aromatic heterocycles. The second kappa shape index (κ2) is 8.41. The van der Waals surface area contributed by atoms with Crippen molar-refractivity contribution in [3.05, 3.63) is 54.4 Å². The van der Waals surface area contributed by atoms with Gasteiger partial charge in [-0.05, 0) is 48.9 Å². The van der Waals surface area contributed by atoms with Gasteiger partial charge in [-0.15, -0.1) is 0 Å². The summed E-state index contributed by atoms with van der Waals surface area (Å²) in [5.41, 5.74) is 4.17. The van der Waals surface area contributed by atoms with Crippen molar-refractivity contribution < 1.29 is 9.53 Å². The predicted octanol–water partition coefficient (Wildman–Crippen LogP) is 2.04. The summed E-state index contributed by atoms with van der Waals surface area (Å²) >= 11 is 0. The molecule has 114 valence electrons. The van der Waals surface area contributed by atoms with Gasteiger partial charge in [0.2, 0.25) is 0 Å². The lowest BCUT2D eigenvalue weighted by Gasteiger charge is -2.07. The van der Waals surface area contributed by atoms with Crippen LogP contribution in [-0.2, 0) is 4.79 Å². The number of carbonyl (C=O) groups excluding carboxylic acids is 1. The molecule has 1 amide bonds. The van der Waals surface area contributed by atoms with E-state index in [1.807, 2.05) is 31.2 Å². The van der Waals surface area contributed by atoms with E-state index >= 15 is 0 Å². The molecular formula is C16H18N4O2. The van der Waals surface area contributed by atoms with Gasteiger partial charge in [0.25, 0.3) is 5.91 Å². The lowest BCUT2D eigenvalue weighted by atomic mass is 10.3. The van der Waals surface area contributed by atoms with E-state index in [-0.39, 0.29) is 12.5 Å². The van der Waals surface area contributed by atoms with Crippen LogP contribution in [0.5, 0.6) is 5.75 Å². The summed E-state index contributed by atoms with van der Waals surface area (Å²) in [6, 6.07) is 11.0. The van der Waals surface area contributed by atoms with E-state index in [1.165, 1.54) is 0 Å². The molecule has 6 nitrogen and oxygen atoms in total. The first-order valence-corrected chi connectivity index (χ1v) is 6.96. The number of benzene rings is 1. The SMILES string of the molecule is CCOc1ccc(NCC(=O)NN=Cc2ccncc2)cc1. The third kappa shape index (κ3) is 5.24. The Morgan fingerprint density at radius 1 is 1.23 bits per heavy atom. The number of carbonyl (C=O) groups is 1. The van der Waals surface area contributed by atoms with Gasteiger partial charge in [-0.3, -0.25) is 9.78 Å². The summed E-state index contributed by atoms with van der Waals surface area (Å²) in [6.07, 6.45) is 4.89. The lowest BCUT2D eigenvalue weighted by molar-refractivity contribution is -0.119. The zero-order chi connectivity index (χ0) is 15.6. The summed E-state index contributed by atoms with van der Waals surface area (Å²) in [5, 5.41) is 6.89. The molecule has 0 bridgehead atoms. The molecule has 0 unspecified atom stereocenters. The Balaban J connectivity index is 1.74. The largest absolute Gasteiger partial charge is 0.494 e. The number of pyridine rings is 1. The average Bonchev–Trinajstić information content (AvgIpc) is 2.55. The first kappa shape index (κ1) is 15.5. The topological polar surface area (TPSA) is 75.6 Å². The number of hydrazone groups is 1. The Hall–Kier alpha value is -2.89. The molecule has 0 aliphatic rings. The first-order chi connectivity index (χ1) is 10.8. The van der Waals surface area contributed by atoms with Gasteiger partial charge in [0.1, 0.15) is 5.75 Å². The zero-order valence-corrected chi connectivity index (χ0v) is 12.3. The fraction of sp³-hybridized carbons (Fsp3) is 0.188. The molecule has 0 spiro atoms. The number of nitrogens with zero attached hydrogens (tertiary/aromatic N) is 2. The van der Waals surface area contributed by atoms with E-state index in [9.17, 15) is 4.79 Å². The van der Waals surface area contributed by atoms with Gasteiger partial charge in [0.05, 0.1) is 19.4 Å². The van der Waals surface area contributed by atoms with Gasteiger partial charge >= 0.3 is 0 Å². The van der Waals surface area contributed by atoms with E-state index in [0.717, 1.165) is 17.0 Å². The molecule has 0 fully saturated rings. The van der Waals surface area contributed by atoms with Gasteiger partial charge in [-0.1, -0.05) is 0 Å². The Labute approximate surface area is 129 Å². The van der Waals surface area contributed by atoms with Crippen LogP contribution in [0.15, 0.2) is 53.9 Å². The minimum atomic E-state index is -0.223. The smallest absolute Gasteiger partial charge is 0.259 e. The van der Waals surface area contributed by atoms with Crippen LogP contribution in [0.3, 0.4) is 0 Å². The molecule has 1 aromatic carbocycles. The fourth-order valence-electron chi connectivity index (χ4n) is 1.69. The van der Waals surface area contributed by atoms with Crippen LogP contribution in [0, 0.1) is 0 Å². The molecule has 0 saturated carbocycles. The lowest BCUT2D eigenvalue weighted by Crippen LogP contribution is -2.25. The fourth-order valence-corrected chi connectivity index (χ4v) is 1.69. The summed E-state index contributed by atoms with van der Waals surface area (Å²) < 4.78 is 5.35. The normalized spacial score (nSPS) is 10.4. The number of aromatic nitrogens is 1. The number of hydrogen-bond donors (Lipinski definition) is 2. The number of ether oxygens (including phenoxy) is 1. The van der Waals surface area contributed by atoms with E-state index in [0.29, 0.717) is 6.61 Å². The molecule has 0 aliphatic carbocycles. The maximum Gasteiger partial charge on any atom is 0.259 e. The third-order valence-corrected chi connectivity index (χ3v) is 2.73. The molecule has 2 N–H and O–H groups in total. The third-order valence-electron chi connectivity index (χ3n) is 2.73. The summed E-state index contributed by atoms with van der Waals surface area (Å²) in [6.45, 7) is 2.70. The molecule has 0 aliphatic heterocycles. The molecule has 2 aromatic rings. The number of amides is 1. The molecular weight excluding hydrogens is 280 g/mol. The van der Waals surface area contributed by atoms with Crippen LogP contribution in [0.2, 0.25) is 0 Å². The quantitative estimate of drug-likeness (QED) is 0.606. The number of anilines is 1. The van der Waals surface area contributed by atoms with Gasteiger partial charge < -0.3 is 10.1 Å². The van der Waals surface area contributed by atoms with Crippen molar-refractivity contribution in [3.63, 3.8) is 0 Å². The van der Waals surface area contributed by atoms with Crippen LogP contribution in [-0.4, -0.2) is 30.3 Å². The van der Waals surface area contributed by atoms with Crippen molar-refractivity contribution in [1.82, 2.24) is 10.4 Å². The van der Waals surface area contributed by atoms with E-state index in [2.05, 4.69) is 20.8 Å². The molecule has 6 heteroatoms. The Morgan fingerprint density at radius 3 is 2.64 bits per heavy atom. The summed E-state index contributed by atoms with van der Waals surface area (Å²) in [7, 11) is 0. The maximum atomic E-state index is 11.7.